The number of carbonyl (C=O) groups excluding carboxylic acids is 2. The molecule has 0 atom stereocenters. The van der Waals surface area contributed by atoms with Crippen LogP contribution in [-0.2, 0) is 16.2 Å². The van der Waals surface area contributed by atoms with Gasteiger partial charge in [-0.3, -0.25) is 9.59 Å². The van der Waals surface area contributed by atoms with Crippen LogP contribution in [0.5, 0.6) is 11.5 Å². The average Bonchev–Trinajstić information content (AvgIpc) is 2.79. The molecule has 2 amide bonds. The highest BCUT2D eigenvalue weighted by Gasteiger charge is 2.15. The Kier molecular flexibility index (Phi) is 8.54. The van der Waals surface area contributed by atoms with Crippen LogP contribution in [0.4, 0.5) is 5.69 Å². The van der Waals surface area contributed by atoms with Crippen LogP contribution in [0.25, 0.3) is 0 Å². The molecular weight excluding hydrogens is 489 g/mol. The van der Waals surface area contributed by atoms with Crippen molar-refractivity contribution in [2.45, 2.75) is 6.61 Å². The van der Waals surface area contributed by atoms with E-state index in [0.717, 1.165) is 5.56 Å². The molecule has 170 valence electrons. The maximum Gasteiger partial charge on any atom is 0.329 e. The van der Waals surface area contributed by atoms with Crippen molar-refractivity contribution < 1.29 is 19.1 Å². The lowest BCUT2D eigenvalue weighted by Crippen LogP contribution is -2.32. The molecule has 0 heterocycles. The highest BCUT2D eigenvalue weighted by molar-refractivity contribution is 6.40. The SMILES string of the molecule is COc1ccc(Cl)cc1NC(=O)C(=O)N/N=C/c1ccc(OCc2ccc(Cl)cc2Cl)cc1. The molecule has 33 heavy (non-hydrogen) atoms. The first-order valence-corrected chi connectivity index (χ1v) is 10.6. The molecule has 0 aliphatic heterocycles. The second-order valence-electron chi connectivity index (χ2n) is 6.59. The predicted octanol–water partition coefficient (Wildman–Crippen LogP) is 5.32. The highest BCUT2D eigenvalue weighted by atomic mass is 35.5. The van der Waals surface area contributed by atoms with E-state index in [4.69, 9.17) is 44.3 Å². The van der Waals surface area contributed by atoms with Crippen molar-refractivity contribution in [2.75, 3.05) is 12.4 Å². The number of rotatable bonds is 7. The van der Waals surface area contributed by atoms with E-state index in [1.165, 1.54) is 19.4 Å². The molecule has 0 spiro atoms. The van der Waals surface area contributed by atoms with E-state index in [1.807, 2.05) is 0 Å². The van der Waals surface area contributed by atoms with E-state index in [-0.39, 0.29) is 12.3 Å². The number of amides is 2. The van der Waals surface area contributed by atoms with Crippen LogP contribution in [0, 0.1) is 0 Å². The number of hydrogen-bond acceptors (Lipinski definition) is 5. The Labute approximate surface area is 205 Å². The first-order chi connectivity index (χ1) is 15.9. The molecule has 0 fully saturated rings. The number of carbonyl (C=O) groups is 2. The molecule has 0 saturated carbocycles. The van der Waals surface area contributed by atoms with Crippen LogP contribution in [0.2, 0.25) is 15.1 Å². The van der Waals surface area contributed by atoms with E-state index in [2.05, 4.69) is 15.8 Å². The molecule has 10 heteroatoms. The second-order valence-corrected chi connectivity index (χ2v) is 7.87. The van der Waals surface area contributed by atoms with E-state index in [1.54, 1.807) is 54.6 Å². The number of halogens is 3. The fraction of sp³-hybridized carbons (Fsp3) is 0.0870. The Morgan fingerprint density at radius 2 is 1.64 bits per heavy atom. The standard InChI is InChI=1S/C23H18Cl3N3O4/c1-32-21-9-6-17(25)11-20(21)28-22(30)23(31)29-27-12-14-2-7-18(8-3-14)33-13-15-4-5-16(24)10-19(15)26/h2-12H,13H2,1H3,(H,28,30)(H,29,31)/b27-12+. The van der Waals surface area contributed by atoms with Crippen molar-refractivity contribution in [3.8, 4) is 11.5 Å². The minimum absolute atomic E-state index is 0.268. The minimum Gasteiger partial charge on any atom is -0.495 e. The fourth-order valence-corrected chi connectivity index (χ4v) is 3.26. The summed E-state index contributed by atoms with van der Waals surface area (Å²) < 4.78 is 10.8. The number of ether oxygens (including phenoxy) is 2. The van der Waals surface area contributed by atoms with Gasteiger partial charge in [-0.15, -0.1) is 0 Å². The topological polar surface area (TPSA) is 89.0 Å². The summed E-state index contributed by atoms with van der Waals surface area (Å²) in [7, 11) is 1.44. The Hall–Kier alpha value is -3.26. The number of benzene rings is 3. The molecule has 0 aliphatic carbocycles. The molecule has 2 N–H and O–H groups in total. The molecule has 3 aromatic rings. The summed E-state index contributed by atoms with van der Waals surface area (Å²) in [4.78, 5) is 24.1. The maximum absolute atomic E-state index is 12.1. The summed E-state index contributed by atoms with van der Waals surface area (Å²) in [6, 6.07) is 16.8. The highest BCUT2D eigenvalue weighted by Crippen LogP contribution is 2.27. The van der Waals surface area contributed by atoms with Gasteiger partial charge >= 0.3 is 11.8 Å². The van der Waals surface area contributed by atoms with Crippen LogP contribution < -0.4 is 20.2 Å². The van der Waals surface area contributed by atoms with Gasteiger partial charge in [0.15, 0.2) is 0 Å². The van der Waals surface area contributed by atoms with Crippen molar-refractivity contribution in [3.63, 3.8) is 0 Å². The van der Waals surface area contributed by atoms with Gasteiger partial charge in [0, 0.05) is 20.6 Å². The summed E-state index contributed by atoms with van der Waals surface area (Å²) in [6.07, 6.45) is 1.39. The quantitative estimate of drug-likeness (QED) is 0.258. The Morgan fingerprint density at radius 3 is 2.33 bits per heavy atom. The normalized spacial score (nSPS) is 10.7. The monoisotopic (exact) mass is 505 g/mol. The lowest BCUT2D eigenvalue weighted by atomic mass is 10.2. The zero-order valence-electron chi connectivity index (χ0n) is 17.3. The summed E-state index contributed by atoms with van der Waals surface area (Å²) in [5, 5.41) is 7.69. The number of methoxy groups -OCH3 is 1. The third kappa shape index (κ3) is 7.12. The van der Waals surface area contributed by atoms with Gasteiger partial charge in [0.25, 0.3) is 0 Å². The number of anilines is 1. The summed E-state index contributed by atoms with van der Waals surface area (Å²) in [5.41, 5.74) is 3.92. The first kappa shape index (κ1) is 24.4. The average molecular weight is 507 g/mol. The third-order valence-electron chi connectivity index (χ3n) is 4.29. The smallest absolute Gasteiger partial charge is 0.329 e. The number of nitrogens with zero attached hydrogens (tertiary/aromatic N) is 1. The molecule has 3 rings (SSSR count). The van der Waals surface area contributed by atoms with Gasteiger partial charge in [0.2, 0.25) is 0 Å². The van der Waals surface area contributed by atoms with E-state index in [9.17, 15) is 9.59 Å². The summed E-state index contributed by atoms with van der Waals surface area (Å²) in [5.74, 6) is -0.882. The van der Waals surface area contributed by atoms with Gasteiger partial charge in [-0.05, 0) is 60.2 Å². The molecule has 0 unspecified atom stereocenters. The van der Waals surface area contributed by atoms with Crippen LogP contribution >= 0.6 is 34.8 Å². The van der Waals surface area contributed by atoms with Crippen LogP contribution in [0.15, 0.2) is 65.8 Å². The third-order valence-corrected chi connectivity index (χ3v) is 5.11. The number of nitrogens with one attached hydrogen (secondary N) is 2. The maximum atomic E-state index is 12.1. The van der Waals surface area contributed by atoms with Crippen LogP contribution in [-0.4, -0.2) is 25.1 Å². The molecule has 7 nitrogen and oxygen atoms in total. The largest absolute Gasteiger partial charge is 0.495 e. The second kappa shape index (κ2) is 11.6. The Morgan fingerprint density at radius 1 is 0.939 bits per heavy atom. The lowest BCUT2D eigenvalue weighted by Gasteiger charge is -2.09. The van der Waals surface area contributed by atoms with Crippen molar-refractivity contribution in [1.82, 2.24) is 5.43 Å². The fourth-order valence-electron chi connectivity index (χ4n) is 2.62. The van der Waals surface area contributed by atoms with Crippen molar-refractivity contribution >= 4 is 58.5 Å². The van der Waals surface area contributed by atoms with Gasteiger partial charge in [-0.25, -0.2) is 5.43 Å². The zero-order valence-corrected chi connectivity index (χ0v) is 19.5. The van der Waals surface area contributed by atoms with Crippen LogP contribution in [0.3, 0.4) is 0 Å². The van der Waals surface area contributed by atoms with Crippen molar-refractivity contribution in [3.05, 3.63) is 86.9 Å². The summed E-state index contributed by atoms with van der Waals surface area (Å²) in [6.45, 7) is 0.284. The molecule has 3 aromatic carbocycles. The van der Waals surface area contributed by atoms with E-state index >= 15 is 0 Å². The molecule has 0 aliphatic rings. The summed E-state index contributed by atoms with van der Waals surface area (Å²) >= 11 is 17.9. The van der Waals surface area contributed by atoms with Gasteiger partial charge in [0.05, 0.1) is 19.0 Å². The molecule has 0 aromatic heterocycles. The van der Waals surface area contributed by atoms with E-state index in [0.29, 0.717) is 32.1 Å². The molecule has 0 bridgehead atoms. The van der Waals surface area contributed by atoms with Crippen LogP contribution in [0.1, 0.15) is 11.1 Å². The van der Waals surface area contributed by atoms with Gasteiger partial charge in [-0.2, -0.15) is 5.10 Å². The molecular formula is C23H18Cl3N3O4. The zero-order chi connectivity index (χ0) is 23.8. The van der Waals surface area contributed by atoms with Crippen molar-refractivity contribution in [1.29, 1.82) is 0 Å². The molecule has 0 radical (unpaired) electrons. The van der Waals surface area contributed by atoms with Gasteiger partial charge in [-0.1, -0.05) is 40.9 Å². The Balaban J connectivity index is 1.51. The Bertz CT molecular complexity index is 1180. The van der Waals surface area contributed by atoms with Crippen molar-refractivity contribution in [2.24, 2.45) is 5.10 Å². The lowest BCUT2D eigenvalue weighted by molar-refractivity contribution is -0.136. The van der Waals surface area contributed by atoms with Gasteiger partial charge in [0.1, 0.15) is 18.1 Å². The molecule has 0 saturated heterocycles. The number of hydrogen-bond donors (Lipinski definition) is 2. The van der Waals surface area contributed by atoms with Gasteiger partial charge < -0.3 is 14.8 Å². The minimum atomic E-state index is -0.951. The predicted molar refractivity (Wildman–Crippen MR) is 130 cm³/mol. The first-order valence-electron chi connectivity index (χ1n) is 9.50. The number of hydrazone groups is 1. The van der Waals surface area contributed by atoms with E-state index < -0.39 is 11.8 Å².